The van der Waals surface area contributed by atoms with Gasteiger partial charge in [-0.2, -0.15) is 0 Å². The summed E-state index contributed by atoms with van der Waals surface area (Å²) in [5.74, 6) is 0.598. The summed E-state index contributed by atoms with van der Waals surface area (Å²) < 4.78 is 1.23. The molecule has 0 saturated carbocycles. The molecule has 0 aliphatic carbocycles. The lowest BCUT2D eigenvalue weighted by Gasteiger charge is -2.27. The fourth-order valence-electron chi connectivity index (χ4n) is 2.05. The number of hydrogen-bond acceptors (Lipinski definition) is 2. The van der Waals surface area contributed by atoms with Crippen LogP contribution in [0.3, 0.4) is 0 Å². The van der Waals surface area contributed by atoms with Gasteiger partial charge in [-0.1, -0.05) is 28.1 Å². The van der Waals surface area contributed by atoms with Gasteiger partial charge in [0.15, 0.2) is 0 Å². The molecule has 2 N–H and O–H groups in total. The zero-order valence-corrected chi connectivity index (χ0v) is 9.89. The van der Waals surface area contributed by atoms with E-state index in [4.69, 9.17) is 0 Å². The first-order chi connectivity index (χ1) is 6.83. The second-order valence-corrected chi connectivity index (χ2v) is 4.55. The van der Waals surface area contributed by atoms with Crippen LogP contribution in [0.1, 0.15) is 17.0 Å². The van der Waals surface area contributed by atoms with Crippen molar-refractivity contribution in [2.24, 2.45) is 0 Å². The molecule has 0 radical (unpaired) electrons. The van der Waals surface area contributed by atoms with E-state index in [-0.39, 0.29) is 0 Å². The van der Waals surface area contributed by atoms with Gasteiger partial charge in [0.05, 0.1) is 0 Å². The third-order valence-electron chi connectivity index (χ3n) is 2.74. The molecule has 2 nitrogen and oxygen atoms in total. The maximum atomic E-state index is 3.60. The average Bonchev–Trinajstić information content (AvgIpc) is 2.20. The molecular formula is C11H15BrN2. The normalized spacial score (nSPS) is 20.6. The molecule has 0 fully saturated rings. The second kappa shape index (κ2) is 4.43. The lowest BCUT2D eigenvalue weighted by Crippen LogP contribution is -2.33. The van der Waals surface area contributed by atoms with Gasteiger partial charge in [-0.15, -0.1) is 0 Å². The molecule has 76 valence electrons. The molecule has 1 aliphatic rings. The van der Waals surface area contributed by atoms with Crippen molar-refractivity contribution in [1.29, 1.82) is 0 Å². The highest BCUT2D eigenvalue weighted by molar-refractivity contribution is 9.10. The van der Waals surface area contributed by atoms with Crippen molar-refractivity contribution in [2.45, 2.75) is 12.5 Å². The van der Waals surface area contributed by atoms with Crippen LogP contribution in [0.5, 0.6) is 0 Å². The highest BCUT2D eigenvalue weighted by atomic mass is 79.9. The van der Waals surface area contributed by atoms with Gasteiger partial charge in [0.2, 0.25) is 0 Å². The predicted octanol–water partition coefficient (Wildman–Crippen LogP) is 1.86. The van der Waals surface area contributed by atoms with E-state index in [1.54, 1.807) is 0 Å². The summed E-state index contributed by atoms with van der Waals surface area (Å²) in [4.78, 5) is 0. The monoisotopic (exact) mass is 254 g/mol. The summed E-state index contributed by atoms with van der Waals surface area (Å²) >= 11 is 3.60. The number of benzene rings is 1. The van der Waals surface area contributed by atoms with Gasteiger partial charge >= 0.3 is 0 Å². The molecule has 1 heterocycles. The fraction of sp³-hybridized carbons (Fsp3) is 0.455. The Morgan fingerprint density at radius 1 is 1.57 bits per heavy atom. The molecule has 0 saturated heterocycles. The molecule has 0 spiro atoms. The Kier molecular flexibility index (Phi) is 3.21. The summed E-state index contributed by atoms with van der Waals surface area (Å²) in [6.45, 7) is 3.09. The van der Waals surface area contributed by atoms with Crippen LogP contribution in [0, 0.1) is 0 Å². The Morgan fingerprint density at radius 3 is 3.21 bits per heavy atom. The van der Waals surface area contributed by atoms with E-state index in [0.29, 0.717) is 5.92 Å². The lowest BCUT2D eigenvalue weighted by molar-refractivity contribution is 0.520. The van der Waals surface area contributed by atoms with Gasteiger partial charge in [0, 0.05) is 30.0 Å². The van der Waals surface area contributed by atoms with E-state index in [0.717, 1.165) is 19.6 Å². The first-order valence-electron chi connectivity index (χ1n) is 4.95. The van der Waals surface area contributed by atoms with Crippen LogP contribution in [0.4, 0.5) is 0 Å². The van der Waals surface area contributed by atoms with Crippen LogP contribution < -0.4 is 10.6 Å². The molecule has 1 aromatic carbocycles. The predicted molar refractivity (Wildman–Crippen MR) is 62.5 cm³/mol. The molecule has 0 bridgehead atoms. The van der Waals surface area contributed by atoms with Crippen LogP contribution in [-0.2, 0) is 6.54 Å². The summed E-state index contributed by atoms with van der Waals surface area (Å²) in [7, 11) is 2.01. The van der Waals surface area contributed by atoms with Gasteiger partial charge < -0.3 is 10.6 Å². The number of likely N-dealkylation sites (N-methyl/N-ethyl adjacent to an activating group) is 1. The summed E-state index contributed by atoms with van der Waals surface area (Å²) in [5, 5.41) is 6.69. The standard InChI is InChI=1S/C11H15BrN2/c1-13-5-8-6-14-7-10-9(8)3-2-4-11(10)12/h2-4,8,13-14H,5-7H2,1H3. The van der Waals surface area contributed by atoms with E-state index >= 15 is 0 Å². The number of rotatable bonds is 2. The number of hydrogen-bond donors (Lipinski definition) is 2. The third-order valence-corrected chi connectivity index (χ3v) is 3.48. The van der Waals surface area contributed by atoms with E-state index in [1.165, 1.54) is 15.6 Å². The molecule has 1 aliphatic heterocycles. The third kappa shape index (κ3) is 1.85. The SMILES string of the molecule is CNCC1CNCc2c(Br)cccc21. The first-order valence-corrected chi connectivity index (χ1v) is 5.75. The Balaban J connectivity index is 2.34. The summed E-state index contributed by atoms with van der Waals surface area (Å²) in [6.07, 6.45) is 0. The maximum absolute atomic E-state index is 3.60. The quantitative estimate of drug-likeness (QED) is 0.842. The smallest absolute Gasteiger partial charge is 0.0223 e. The fourth-order valence-corrected chi connectivity index (χ4v) is 2.58. The summed E-state index contributed by atoms with van der Waals surface area (Å²) in [6, 6.07) is 6.47. The first kappa shape index (κ1) is 10.1. The Bertz CT molecular complexity index is 325. The Labute approximate surface area is 93.2 Å². The van der Waals surface area contributed by atoms with Crippen molar-refractivity contribution in [1.82, 2.24) is 10.6 Å². The van der Waals surface area contributed by atoms with Crippen molar-refractivity contribution in [3.8, 4) is 0 Å². The molecule has 1 atom stereocenters. The van der Waals surface area contributed by atoms with Crippen molar-refractivity contribution in [3.63, 3.8) is 0 Å². The molecule has 0 amide bonds. The van der Waals surface area contributed by atoms with Crippen LogP contribution >= 0.6 is 15.9 Å². The van der Waals surface area contributed by atoms with Crippen molar-refractivity contribution >= 4 is 15.9 Å². The molecule has 3 heteroatoms. The topological polar surface area (TPSA) is 24.1 Å². The maximum Gasteiger partial charge on any atom is 0.0223 e. The van der Waals surface area contributed by atoms with Gasteiger partial charge in [-0.3, -0.25) is 0 Å². The van der Waals surface area contributed by atoms with Crippen LogP contribution in [0.2, 0.25) is 0 Å². The van der Waals surface area contributed by atoms with Crippen molar-refractivity contribution in [3.05, 3.63) is 33.8 Å². The number of halogens is 1. The largest absolute Gasteiger partial charge is 0.319 e. The second-order valence-electron chi connectivity index (χ2n) is 3.69. The highest BCUT2D eigenvalue weighted by Crippen LogP contribution is 2.28. The average molecular weight is 255 g/mol. The van der Waals surface area contributed by atoms with Gasteiger partial charge in [0.1, 0.15) is 0 Å². The lowest BCUT2D eigenvalue weighted by atomic mass is 9.91. The molecule has 1 aromatic rings. The summed E-state index contributed by atoms with van der Waals surface area (Å²) in [5.41, 5.74) is 2.89. The minimum atomic E-state index is 0.598. The Morgan fingerprint density at radius 2 is 2.43 bits per heavy atom. The van der Waals surface area contributed by atoms with Crippen LogP contribution in [0.25, 0.3) is 0 Å². The van der Waals surface area contributed by atoms with Crippen LogP contribution in [-0.4, -0.2) is 20.1 Å². The Hall–Kier alpha value is -0.380. The zero-order chi connectivity index (χ0) is 9.97. The molecule has 2 rings (SSSR count). The van der Waals surface area contributed by atoms with E-state index in [2.05, 4.69) is 44.8 Å². The van der Waals surface area contributed by atoms with E-state index in [1.807, 2.05) is 7.05 Å². The molecule has 14 heavy (non-hydrogen) atoms. The van der Waals surface area contributed by atoms with Crippen molar-refractivity contribution in [2.75, 3.05) is 20.1 Å². The van der Waals surface area contributed by atoms with Gasteiger partial charge in [-0.25, -0.2) is 0 Å². The van der Waals surface area contributed by atoms with Gasteiger partial charge in [-0.05, 0) is 24.2 Å². The number of nitrogens with one attached hydrogen (secondary N) is 2. The molecule has 1 unspecified atom stereocenters. The number of fused-ring (bicyclic) bond motifs is 1. The van der Waals surface area contributed by atoms with Crippen LogP contribution in [0.15, 0.2) is 22.7 Å². The van der Waals surface area contributed by atoms with Crippen molar-refractivity contribution < 1.29 is 0 Å². The van der Waals surface area contributed by atoms with Gasteiger partial charge in [0.25, 0.3) is 0 Å². The minimum Gasteiger partial charge on any atom is -0.319 e. The minimum absolute atomic E-state index is 0.598. The molecule has 0 aromatic heterocycles. The van der Waals surface area contributed by atoms with E-state index in [9.17, 15) is 0 Å². The zero-order valence-electron chi connectivity index (χ0n) is 8.31. The van der Waals surface area contributed by atoms with E-state index < -0.39 is 0 Å². The molecular weight excluding hydrogens is 240 g/mol. The highest BCUT2D eigenvalue weighted by Gasteiger charge is 2.20.